The van der Waals surface area contributed by atoms with E-state index in [-0.39, 0.29) is 5.69 Å². The summed E-state index contributed by atoms with van der Waals surface area (Å²) in [7, 11) is 0. The predicted molar refractivity (Wildman–Crippen MR) is 96.4 cm³/mol. The van der Waals surface area contributed by atoms with E-state index in [1.807, 2.05) is 36.6 Å². The van der Waals surface area contributed by atoms with Crippen LogP contribution in [-0.4, -0.2) is 11.0 Å². The summed E-state index contributed by atoms with van der Waals surface area (Å²) in [6.45, 7) is 1.99. The highest BCUT2D eigenvalue weighted by Gasteiger charge is 2.29. The molecule has 0 atom stereocenters. The Hall–Kier alpha value is -2.87. The molecule has 0 aliphatic heterocycles. The van der Waals surface area contributed by atoms with Gasteiger partial charge in [-0.2, -0.15) is 13.2 Å². The lowest BCUT2D eigenvalue weighted by atomic mass is 10.1. The topological polar surface area (TPSA) is 54.0 Å². The highest BCUT2D eigenvalue weighted by atomic mass is 32.1. The minimum absolute atomic E-state index is 0.255. The summed E-state index contributed by atoms with van der Waals surface area (Å²) in [4.78, 5) is 16.3. The monoisotopic (exact) mass is 377 g/mol. The van der Waals surface area contributed by atoms with E-state index in [0.717, 1.165) is 29.0 Å². The van der Waals surface area contributed by atoms with Gasteiger partial charge in [-0.3, -0.25) is 5.32 Å². The van der Waals surface area contributed by atoms with E-state index in [0.29, 0.717) is 5.13 Å². The van der Waals surface area contributed by atoms with Crippen molar-refractivity contribution in [1.82, 2.24) is 4.98 Å². The van der Waals surface area contributed by atoms with Crippen molar-refractivity contribution in [2.45, 2.75) is 13.1 Å². The van der Waals surface area contributed by atoms with Crippen LogP contribution < -0.4 is 10.6 Å². The summed E-state index contributed by atoms with van der Waals surface area (Å²) < 4.78 is 37.6. The molecular formula is C18H14F3N3OS. The number of benzene rings is 2. The Morgan fingerprint density at radius 3 is 2.27 bits per heavy atom. The molecule has 0 radical (unpaired) electrons. The lowest BCUT2D eigenvalue weighted by molar-refractivity contribution is -0.137. The van der Waals surface area contributed by atoms with Gasteiger partial charge in [0.1, 0.15) is 0 Å². The largest absolute Gasteiger partial charge is 0.416 e. The quantitative estimate of drug-likeness (QED) is 0.608. The molecule has 0 saturated carbocycles. The molecule has 26 heavy (non-hydrogen) atoms. The maximum absolute atomic E-state index is 12.5. The van der Waals surface area contributed by atoms with E-state index in [1.165, 1.54) is 23.5 Å². The van der Waals surface area contributed by atoms with Crippen LogP contribution >= 0.6 is 11.3 Å². The molecule has 0 unspecified atom stereocenters. The number of aryl methyl sites for hydroxylation is 1. The van der Waals surface area contributed by atoms with Crippen molar-refractivity contribution in [2.24, 2.45) is 0 Å². The highest BCUT2D eigenvalue weighted by molar-refractivity contribution is 7.14. The first-order valence-corrected chi connectivity index (χ1v) is 8.47. The van der Waals surface area contributed by atoms with Gasteiger partial charge in [0.15, 0.2) is 5.13 Å². The smallest absolute Gasteiger partial charge is 0.308 e. The number of hydrogen-bond donors (Lipinski definition) is 2. The van der Waals surface area contributed by atoms with Crippen LogP contribution in [0.5, 0.6) is 0 Å². The molecule has 2 amide bonds. The van der Waals surface area contributed by atoms with E-state index < -0.39 is 17.8 Å². The fraction of sp³-hybridized carbons (Fsp3) is 0.111. The molecule has 8 heteroatoms. The van der Waals surface area contributed by atoms with Gasteiger partial charge in [0.05, 0.1) is 11.3 Å². The fourth-order valence-electron chi connectivity index (χ4n) is 2.19. The normalized spacial score (nSPS) is 11.2. The molecular weight excluding hydrogens is 363 g/mol. The van der Waals surface area contributed by atoms with Gasteiger partial charge in [-0.05, 0) is 31.2 Å². The second kappa shape index (κ2) is 7.17. The average Bonchev–Trinajstić information content (AvgIpc) is 3.03. The van der Waals surface area contributed by atoms with Gasteiger partial charge in [0.25, 0.3) is 0 Å². The molecule has 3 aromatic rings. The van der Waals surface area contributed by atoms with Crippen molar-refractivity contribution in [3.05, 3.63) is 65.0 Å². The number of aromatic nitrogens is 1. The Labute approximate surface area is 151 Å². The molecule has 2 N–H and O–H groups in total. The molecule has 1 aromatic heterocycles. The Morgan fingerprint density at radius 1 is 1.00 bits per heavy atom. The summed E-state index contributed by atoms with van der Waals surface area (Å²) in [5.74, 6) is 0. The van der Waals surface area contributed by atoms with Gasteiger partial charge < -0.3 is 5.32 Å². The number of anilines is 2. The van der Waals surface area contributed by atoms with Crippen molar-refractivity contribution in [1.29, 1.82) is 0 Å². The Kier molecular flexibility index (Phi) is 4.94. The van der Waals surface area contributed by atoms with E-state index in [1.54, 1.807) is 0 Å². The minimum atomic E-state index is -4.41. The van der Waals surface area contributed by atoms with Crippen LogP contribution in [0.1, 0.15) is 11.1 Å². The number of nitrogens with one attached hydrogen (secondary N) is 2. The Bertz CT molecular complexity index is 903. The van der Waals surface area contributed by atoms with Gasteiger partial charge in [-0.1, -0.05) is 29.8 Å². The third-order valence-corrected chi connectivity index (χ3v) is 4.30. The van der Waals surface area contributed by atoms with Crippen molar-refractivity contribution >= 4 is 28.2 Å². The van der Waals surface area contributed by atoms with Crippen LogP contribution in [-0.2, 0) is 6.18 Å². The van der Waals surface area contributed by atoms with Crippen molar-refractivity contribution in [3.63, 3.8) is 0 Å². The first-order valence-electron chi connectivity index (χ1n) is 7.59. The summed E-state index contributed by atoms with van der Waals surface area (Å²) in [5.41, 5.74) is 2.29. The average molecular weight is 377 g/mol. The second-order valence-electron chi connectivity index (χ2n) is 5.56. The van der Waals surface area contributed by atoms with Crippen LogP contribution in [0.15, 0.2) is 53.9 Å². The van der Waals surface area contributed by atoms with Crippen LogP contribution in [0.2, 0.25) is 0 Å². The summed E-state index contributed by atoms with van der Waals surface area (Å²) in [6, 6.07) is 11.5. The van der Waals surface area contributed by atoms with E-state index in [4.69, 9.17) is 0 Å². The number of urea groups is 1. The zero-order valence-electron chi connectivity index (χ0n) is 13.6. The summed E-state index contributed by atoms with van der Waals surface area (Å²) in [6.07, 6.45) is -4.41. The zero-order chi connectivity index (χ0) is 18.7. The number of thiazole rings is 1. The number of halogens is 3. The number of amides is 2. The molecule has 2 aromatic carbocycles. The van der Waals surface area contributed by atoms with Gasteiger partial charge in [-0.25, -0.2) is 9.78 Å². The van der Waals surface area contributed by atoms with Crippen molar-refractivity contribution in [2.75, 3.05) is 10.6 Å². The van der Waals surface area contributed by atoms with Crippen LogP contribution in [0.25, 0.3) is 11.3 Å². The van der Waals surface area contributed by atoms with E-state index >= 15 is 0 Å². The lowest BCUT2D eigenvalue weighted by Crippen LogP contribution is -2.19. The molecule has 0 aliphatic carbocycles. The lowest BCUT2D eigenvalue weighted by Gasteiger charge is -2.08. The standard InChI is InChI=1S/C18H14F3N3OS/c1-11-2-4-12(5-3-11)15-10-26-17(23-15)24-16(25)22-14-8-6-13(7-9-14)18(19,20)21/h2-10H,1H3,(H2,22,23,24,25). The van der Waals surface area contributed by atoms with E-state index in [2.05, 4.69) is 15.6 Å². The molecule has 4 nitrogen and oxygen atoms in total. The Balaban J connectivity index is 1.62. The molecule has 0 saturated heterocycles. The van der Waals surface area contributed by atoms with Crippen molar-refractivity contribution < 1.29 is 18.0 Å². The Morgan fingerprint density at radius 2 is 1.65 bits per heavy atom. The second-order valence-corrected chi connectivity index (χ2v) is 6.42. The van der Waals surface area contributed by atoms with Gasteiger partial charge in [0, 0.05) is 16.6 Å². The SMILES string of the molecule is Cc1ccc(-c2csc(NC(=O)Nc3ccc(C(F)(F)F)cc3)n2)cc1. The van der Waals surface area contributed by atoms with Gasteiger partial charge in [0.2, 0.25) is 0 Å². The third-order valence-electron chi connectivity index (χ3n) is 3.54. The van der Waals surface area contributed by atoms with Crippen molar-refractivity contribution in [3.8, 4) is 11.3 Å². The molecule has 134 valence electrons. The molecule has 0 bridgehead atoms. The fourth-order valence-corrected chi connectivity index (χ4v) is 2.90. The molecule has 0 aliphatic rings. The number of carbonyl (C=O) groups excluding carboxylic acids is 1. The van der Waals surface area contributed by atoms with Crippen LogP contribution in [0.3, 0.4) is 0 Å². The third kappa shape index (κ3) is 4.40. The van der Waals surface area contributed by atoms with Crippen LogP contribution in [0, 0.1) is 6.92 Å². The van der Waals surface area contributed by atoms with Crippen LogP contribution in [0.4, 0.5) is 28.8 Å². The maximum atomic E-state index is 12.5. The number of carbonyl (C=O) groups is 1. The first kappa shape index (κ1) is 17.9. The first-order chi connectivity index (χ1) is 12.3. The zero-order valence-corrected chi connectivity index (χ0v) is 14.4. The predicted octanol–water partition coefficient (Wildman–Crippen LogP) is 5.78. The van der Waals surface area contributed by atoms with Gasteiger partial charge >= 0.3 is 12.2 Å². The molecule has 1 heterocycles. The maximum Gasteiger partial charge on any atom is 0.416 e. The highest BCUT2D eigenvalue weighted by Crippen LogP contribution is 2.30. The minimum Gasteiger partial charge on any atom is -0.308 e. The summed E-state index contributed by atoms with van der Waals surface area (Å²) in [5, 5.41) is 7.26. The molecule has 0 spiro atoms. The van der Waals surface area contributed by atoms with E-state index in [9.17, 15) is 18.0 Å². The molecule has 0 fully saturated rings. The number of rotatable bonds is 3. The summed E-state index contributed by atoms with van der Waals surface area (Å²) >= 11 is 1.26. The van der Waals surface area contributed by atoms with Gasteiger partial charge in [-0.15, -0.1) is 11.3 Å². The number of nitrogens with zero attached hydrogens (tertiary/aromatic N) is 1. The molecule has 3 rings (SSSR count). The number of alkyl halides is 3. The number of hydrogen-bond acceptors (Lipinski definition) is 3.